The van der Waals surface area contributed by atoms with Gasteiger partial charge in [-0.05, 0) is 6.42 Å². The molecular formula is C6H10O2S. The van der Waals surface area contributed by atoms with E-state index in [4.69, 9.17) is 4.74 Å². The maximum Gasteiger partial charge on any atom is 0.142 e. The quantitative estimate of drug-likeness (QED) is 0.553. The number of hydrogen-bond acceptors (Lipinski definition) is 3. The molecule has 1 heterocycles. The van der Waals surface area contributed by atoms with Crippen LogP contribution in [0.2, 0.25) is 0 Å². The number of methoxy groups -OCH3 is 1. The van der Waals surface area contributed by atoms with Gasteiger partial charge in [-0.15, -0.1) is 11.8 Å². The summed E-state index contributed by atoms with van der Waals surface area (Å²) in [4.78, 5) is 10.6. The molecule has 0 N–H and O–H groups in total. The van der Waals surface area contributed by atoms with Crippen molar-refractivity contribution in [2.75, 3.05) is 12.9 Å². The number of rotatable bonds is 1. The minimum absolute atomic E-state index is 0.266. The fraction of sp³-hybridized carbons (Fsp3) is 0.833. The second-order valence-corrected chi connectivity index (χ2v) is 3.20. The summed E-state index contributed by atoms with van der Waals surface area (Å²) in [6.45, 7) is 0. The Kier molecular flexibility index (Phi) is 2.54. The molecule has 2 nitrogen and oxygen atoms in total. The van der Waals surface area contributed by atoms with Crippen LogP contribution in [0.25, 0.3) is 0 Å². The molecule has 0 bridgehead atoms. The van der Waals surface area contributed by atoms with Crippen molar-refractivity contribution in [3.63, 3.8) is 0 Å². The van der Waals surface area contributed by atoms with Gasteiger partial charge in [0.25, 0.3) is 0 Å². The van der Waals surface area contributed by atoms with Crippen LogP contribution in [0.3, 0.4) is 0 Å². The topological polar surface area (TPSA) is 26.3 Å². The second-order valence-electron chi connectivity index (χ2n) is 2.05. The highest BCUT2D eigenvalue weighted by Gasteiger charge is 2.17. The van der Waals surface area contributed by atoms with Crippen LogP contribution in [0.1, 0.15) is 12.8 Å². The predicted octanol–water partition coefficient (Wildman–Crippen LogP) is 1.06. The molecule has 0 aromatic rings. The first-order chi connectivity index (χ1) is 4.33. The molecule has 1 saturated heterocycles. The molecule has 9 heavy (non-hydrogen) atoms. The lowest BCUT2D eigenvalue weighted by molar-refractivity contribution is -0.117. The van der Waals surface area contributed by atoms with Crippen molar-refractivity contribution >= 4 is 17.5 Å². The van der Waals surface area contributed by atoms with Crippen LogP contribution >= 0.6 is 11.8 Å². The monoisotopic (exact) mass is 146 g/mol. The number of carbonyl (C=O) groups excluding carboxylic acids is 1. The van der Waals surface area contributed by atoms with Crippen LogP contribution in [0.5, 0.6) is 0 Å². The van der Waals surface area contributed by atoms with E-state index < -0.39 is 0 Å². The van der Waals surface area contributed by atoms with E-state index in [2.05, 4.69) is 0 Å². The zero-order valence-electron chi connectivity index (χ0n) is 5.42. The van der Waals surface area contributed by atoms with Gasteiger partial charge in [0.15, 0.2) is 0 Å². The highest BCUT2D eigenvalue weighted by atomic mass is 32.2. The Bertz CT molecular complexity index is 104. The third-order valence-electron chi connectivity index (χ3n) is 1.35. The van der Waals surface area contributed by atoms with Crippen molar-refractivity contribution in [1.29, 1.82) is 0 Å². The molecule has 1 aliphatic heterocycles. The Morgan fingerprint density at radius 3 is 3.00 bits per heavy atom. The van der Waals surface area contributed by atoms with Gasteiger partial charge < -0.3 is 4.74 Å². The third kappa shape index (κ3) is 1.99. The molecule has 0 radical (unpaired) electrons. The molecule has 1 rings (SSSR count). The maximum atomic E-state index is 10.6. The summed E-state index contributed by atoms with van der Waals surface area (Å²) in [5.74, 6) is 0.992. The van der Waals surface area contributed by atoms with Gasteiger partial charge in [-0.3, -0.25) is 4.79 Å². The third-order valence-corrected chi connectivity index (χ3v) is 2.64. The van der Waals surface area contributed by atoms with E-state index in [0.717, 1.165) is 6.42 Å². The summed E-state index contributed by atoms with van der Waals surface area (Å²) < 4.78 is 5.05. The fourth-order valence-corrected chi connectivity index (χ4v) is 1.74. The molecule has 0 amide bonds. The van der Waals surface area contributed by atoms with Crippen LogP contribution in [0, 0.1) is 0 Å². The Morgan fingerprint density at radius 2 is 2.56 bits per heavy atom. The number of carbonyl (C=O) groups is 1. The van der Waals surface area contributed by atoms with Crippen LogP contribution in [-0.2, 0) is 9.53 Å². The van der Waals surface area contributed by atoms with Gasteiger partial charge in [0.2, 0.25) is 0 Å². The Morgan fingerprint density at radius 1 is 1.78 bits per heavy atom. The molecule has 1 fully saturated rings. The smallest absolute Gasteiger partial charge is 0.142 e. The number of Topliss-reactive ketones (excluding diaryl/α,β-unsaturated/α-hetero) is 1. The Labute approximate surface area is 59.0 Å². The van der Waals surface area contributed by atoms with E-state index in [9.17, 15) is 4.79 Å². The Hall–Kier alpha value is -0.0200. The van der Waals surface area contributed by atoms with Gasteiger partial charge >= 0.3 is 0 Å². The minimum Gasteiger partial charge on any atom is -0.371 e. The van der Waals surface area contributed by atoms with Crippen LogP contribution in [0.15, 0.2) is 0 Å². The van der Waals surface area contributed by atoms with Gasteiger partial charge in [-0.1, -0.05) is 0 Å². The van der Waals surface area contributed by atoms with E-state index >= 15 is 0 Å². The SMILES string of the molecule is COC1CCC(=O)CS1. The molecular weight excluding hydrogens is 136 g/mol. The summed E-state index contributed by atoms with van der Waals surface area (Å²) in [7, 11) is 1.69. The van der Waals surface area contributed by atoms with E-state index in [1.165, 1.54) is 0 Å². The van der Waals surface area contributed by atoms with E-state index in [0.29, 0.717) is 18.0 Å². The fourth-order valence-electron chi connectivity index (χ4n) is 0.806. The van der Waals surface area contributed by atoms with Gasteiger partial charge in [0.1, 0.15) is 11.2 Å². The lowest BCUT2D eigenvalue weighted by Gasteiger charge is -2.18. The number of hydrogen-bond donors (Lipinski definition) is 0. The van der Waals surface area contributed by atoms with Crippen molar-refractivity contribution in [1.82, 2.24) is 0 Å². The number of ether oxygens (including phenoxy) is 1. The molecule has 1 unspecified atom stereocenters. The summed E-state index contributed by atoms with van der Waals surface area (Å²) in [5, 5.41) is 0. The molecule has 0 spiro atoms. The van der Waals surface area contributed by atoms with Crippen molar-refractivity contribution in [3.05, 3.63) is 0 Å². The van der Waals surface area contributed by atoms with Crippen molar-refractivity contribution in [3.8, 4) is 0 Å². The van der Waals surface area contributed by atoms with E-state index in [-0.39, 0.29) is 5.44 Å². The second kappa shape index (κ2) is 3.22. The molecule has 0 aliphatic carbocycles. The lowest BCUT2D eigenvalue weighted by atomic mass is 10.2. The van der Waals surface area contributed by atoms with E-state index in [1.54, 1.807) is 18.9 Å². The molecule has 0 saturated carbocycles. The van der Waals surface area contributed by atoms with E-state index in [1.807, 2.05) is 0 Å². The van der Waals surface area contributed by atoms with Crippen LogP contribution in [0.4, 0.5) is 0 Å². The van der Waals surface area contributed by atoms with Gasteiger partial charge in [0, 0.05) is 13.5 Å². The zero-order valence-corrected chi connectivity index (χ0v) is 6.24. The van der Waals surface area contributed by atoms with Crippen molar-refractivity contribution in [2.45, 2.75) is 18.3 Å². The molecule has 0 aromatic carbocycles. The first-order valence-electron chi connectivity index (χ1n) is 2.99. The molecule has 52 valence electrons. The Balaban J connectivity index is 2.26. The summed E-state index contributed by atoms with van der Waals surface area (Å²) >= 11 is 1.60. The summed E-state index contributed by atoms with van der Waals surface area (Å²) in [6, 6.07) is 0. The van der Waals surface area contributed by atoms with Crippen molar-refractivity contribution in [2.24, 2.45) is 0 Å². The highest BCUT2D eigenvalue weighted by molar-refractivity contribution is 8.00. The first kappa shape index (κ1) is 7.09. The molecule has 0 aromatic heterocycles. The highest BCUT2D eigenvalue weighted by Crippen LogP contribution is 2.22. The molecule has 1 atom stereocenters. The molecule has 3 heteroatoms. The van der Waals surface area contributed by atoms with Crippen LogP contribution < -0.4 is 0 Å². The average Bonchev–Trinajstić information content (AvgIpc) is 1.90. The standard InChI is InChI=1S/C6H10O2S/c1-8-6-3-2-5(7)4-9-6/h6H,2-4H2,1H3. The minimum atomic E-state index is 0.266. The normalized spacial score (nSPS) is 28.6. The average molecular weight is 146 g/mol. The maximum absolute atomic E-state index is 10.6. The van der Waals surface area contributed by atoms with Crippen LogP contribution in [-0.4, -0.2) is 24.1 Å². The van der Waals surface area contributed by atoms with Gasteiger partial charge in [0.05, 0.1) is 5.75 Å². The molecule has 1 aliphatic rings. The summed E-state index contributed by atoms with van der Waals surface area (Å²) in [5.41, 5.74) is 0.266. The lowest BCUT2D eigenvalue weighted by Crippen LogP contribution is -2.18. The predicted molar refractivity (Wildman–Crippen MR) is 37.5 cm³/mol. The van der Waals surface area contributed by atoms with Gasteiger partial charge in [-0.25, -0.2) is 0 Å². The zero-order chi connectivity index (χ0) is 6.69. The number of thioether (sulfide) groups is 1. The number of ketones is 1. The largest absolute Gasteiger partial charge is 0.371 e. The van der Waals surface area contributed by atoms with Gasteiger partial charge in [-0.2, -0.15) is 0 Å². The summed E-state index contributed by atoms with van der Waals surface area (Å²) in [6.07, 6.45) is 1.59. The first-order valence-corrected chi connectivity index (χ1v) is 4.04. The van der Waals surface area contributed by atoms with Crippen molar-refractivity contribution < 1.29 is 9.53 Å².